The highest BCUT2D eigenvalue weighted by molar-refractivity contribution is 7.21. The van der Waals surface area contributed by atoms with Gasteiger partial charge in [0.1, 0.15) is 11.2 Å². The summed E-state index contributed by atoms with van der Waals surface area (Å²) in [6.45, 7) is 1.94. The van der Waals surface area contributed by atoms with Crippen LogP contribution in [0.15, 0.2) is 72.4 Å². The van der Waals surface area contributed by atoms with Gasteiger partial charge in [-0.2, -0.15) is 5.10 Å². The molecule has 0 amide bonds. The molecule has 0 saturated heterocycles. The van der Waals surface area contributed by atoms with E-state index in [1.165, 1.54) is 5.56 Å². The van der Waals surface area contributed by atoms with Crippen molar-refractivity contribution in [2.45, 2.75) is 6.92 Å². The molecule has 0 saturated carbocycles. The minimum atomic E-state index is 0.701. The molecule has 3 aromatic heterocycles. The van der Waals surface area contributed by atoms with Crippen molar-refractivity contribution in [3.8, 4) is 10.4 Å². The Balaban J connectivity index is 1.67. The van der Waals surface area contributed by atoms with E-state index in [1.54, 1.807) is 30.1 Å². The lowest BCUT2D eigenvalue weighted by Gasteiger charge is -2.03. The lowest BCUT2D eigenvalue weighted by molar-refractivity contribution is 1.18. The topological polar surface area (TPSA) is 63.1 Å². The molecule has 25 heavy (non-hydrogen) atoms. The SMILES string of the molecule is C/C(=N/Nc1ncnc2sc(-c3ccccc3)cc12)c1cccnc1. The van der Waals surface area contributed by atoms with E-state index in [1.807, 2.05) is 37.3 Å². The summed E-state index contributed by atoms with van der Waals surface area (Å²) in [5.41, 5.74) is 6.05. The summed E-state index contributed by atoms with van der Waals surface area (Å²) < 4.78 is 0. The number of thiophene rings is 1. The predicted octanol–water partition coefficient (Wildman–Crippen LogP) is 4.59. The van der Waals surface area contributed by atoms with Crippen molar-refractivity contribution in [1.29, 1.82) is 0 Å². The molecule has 0 aliphatic heterocycles. The Morgan fingerprint density at radius 1 is 1.08 bits per heavy atom. The maximum absolute atomic E-state index is 4.44. The summed E-state index contributed by atoms with van der Waals surface area (Å²) in [5.74, 6) is 0.701. The van der Waals surface area contributed by atoms with Crippen molar-refractivity contribution < 1.29 is 0 Å². The Morgan fingerprint density at radius 3 is 2.76 bits per heavy atom. The van der Waals surface area contributed by atoms with Crippen LogP contribution in [0.1, 0.15) is 12.5 Å². The summed E-state index contributed by atoms with van der Waals surface area (Å²) in [4.78, 5) is 14.9. The number of hydrazone groups is 1. The maximum Gasteiger partial charge on any atom is 0.158 e. The van der Waals surface area contributed by atoms with Crippen LogP contribution in [0, 0.1) is 0 Å². The second-order valence-electron chi connectivity index (χ2n) is 5.47. The molecule has 1 N–H and O–H groups in total. The van der Waals surface area contributed by atoms with Crippen molar-refractivity contribution in [1.82, 2.24) is 15.0 Å². The predicted molar refractivity (Wildman–Crippen MR) is 103 cm³/mol. The average molecular weight is 345 g/mol. The van der Waals surface area contributed by atoms with E-state index in [0.29, 0.717) is 5.82 Å². The Bertz CT molecular complexity index is 1030. The Hall–Kier alpha value is -3.12. The molecule has 0 radical (unpaired) electrons. The molecule has 0 spiro atoms. The number of pyridine rings is 1. The van der Waals surface area contributed by atoms with Crippen LogP contribution in [0.5, 0.6) is 0 Å². The third-order valence-corrected chi connectivity index (χ3v) is 4.89. The van der Waals surface area contributed by atoms with Gasteiger partial charge in [-0.3, -0.25) is 10.4 Å². The number of aromatic nitrogens is 3. The van der Waals surface area contributed by atoms with Gasteiger partial charge in [0.15, 0.2) is 5.82 Å². The first kappa shape index (κ1) is 15.4. The van der Waals surface area contributed by atoms with Gasteiger partial charge < -0.3 is 0 Å². The van der Waals surface area contributed by atoms with Gasteiger partial charge in [0, 0.05) is 22.8 Å². The zero-order valence-electron chi connectivity index (χ0n) is 13.5. The molecule has 122 valence electrons. The zero-order chi connectivity index (χ0) is 17.1. The highest BCUT2D eigenvalue weighted by Crippen LogP contribution is 2.34. The van der Waals surface area contributed by atoms with E-state index < -0.39 is 0 Å². The Kier molecular flexibility index (Phi) is 4.18. The Labute approximate surface area is 149 Å². The first-order valence-corrected chi connectivity index (χ1v) is 8.63. The van der Waals surface area contributed by atoms with E-state index in [4.69, 9.17) is 0 Å². The van der Waals surface area contributed by atoms with Crippen molar-refractivity contribution in [3.05, 3.63) is 72.8 Å². The zero-order valence-corrected chi connectivity index (χ0v) is 14.4. The average Bonchev–Trinajstić information content (AvgIpc) is 3.12. The lowest BCUT2D eigenvalue weighted by atomic mass is 10.2. The summed E-state index contributed by atoms with van der Waals surface area (Å²) in [7, 11) is 0. The minimum absolute atomic E-state index is 0.701. The fraction of sp³-hybridized carbons (Fsp3) is 0.0526. The first-order valence-electron chi connectivity index (χ1n) is 7.82. The third-order valence-electron chi connectivity index (χ3n) is 3.80. The second kappa shape index (κ2) is 6.78. The molecular formula is C19H15N5S. The number of hydrogen-bond donors (Lipinski definition) is 1. The molecule has 4 rings (SSSR count). The van der Waals surface area contributed by atoms with Crippen LogP contribution in [-0.2, 0) is 0 Å². The van der Waals surface area contributed by atoms with Crippen LogP contribution >= 0.6 is 11.3 Å². The highest BCUT2D eigenvalue weighted by atomic mass is 32.1. The van der Waals surface area contributed by atoms with E-state index >= 15 is 0 Å². The molecule has 0 bridgehead atoms. The van der Waals surface area contributed by atoms with Gasteiger partial charge in [-0.05, 0) is 24.6 Å². The van der Waals surface area contributed by atoms with Gasteiger partial charge in [0.2, 0.25) is 0 Å². The van der Waals surface area contributed by atoms with Gasteiger partial charge in [-0.25, -0.2) is 9.97 Å². The van der Waals surface area contributed by atoms with Gasteiger partial charge in [0.25, 0.3) is 0 Å². The molecule has 0 fully saturated rings. The Morgan fingerprint density at radius 2 is 1.96 bits per heavy atom. The fourth-order valence-electron chi connectivity index (χ4n) is 2.47. The molecule has 4 aromatic rings. The van der Waals surface area contributed by atoms with Gasteiger partial charge in [0.05, 0.1) is 11.1 Å². The number of hydrogen-bond acceptors (Lipinski definition) is 6. The summed E-state index contributed by atoms with van der Waals surface area (Å²) >= 11 is 1.65. The van der Waals surface area contributed by atoms with Gasteiger partial charge in [-0.15, -0.1) is 11.3 Å². The monoisotopic (exact) mass is 345 g/mol. The molecule has 3 heterocycles. The molecular weight excluding hydrogens is 330 g/mol. The van der Waals surface area contributed by atoms with Crippen LogP contribution < -0.4 is 5.43 Å². The molecule has 0 unspecified atom stereocenters. The minimum Gasteiger partial charge on any atom is -0.264 e. The molecule has 0 atom stereocenters. The van der Waals surface area contributed by atoms with Crippen molar-refractivity contribution >= 4 is 33.1 Å². The van der Waals surface area contributed by atoms with Crippen LogP contribution in [0.4, 0.5) is 5.82 Å². The first-order chi connectivity index (χ1) is 12.3. The van der Waals surface area contributed by atoms with Crippen molar-refractivity contribution in [2.24, 2.45) is 5.10 Å². The summed E-state index contributed by atoms with van der Waals surface area (Å²) in [5, 5.41) is 5.40. The summed E-state index contributed by atoms with van der Waals surface area (Å²) in [6.07, 6.45) is 5.09. The van der Waals surface area contributed by atoms with E-state index in [9.17, 15) is 0 Å². The van der Waals surface area contributed by atoms with Gasteiger partial charge in [-0.1, -0.05) is 36.4 Å². The molecule has 1 aromatic carbocycles. The third kappa shape index (κ3) is 3.25. The van der Waals surface area contributed by atoms with Crippen LogP contribution in [0.3, 0.4) is 0 Å². The number of benzene rings is 1. The van der Waals surface area contributed by atoms with Crippen LogP contribution in [0.2, 0.25) is 0 Å². The number of anilines is 1. The van der Waals surface area contributed by atoms with E-state index in [0.717, 1.165) is 26.4 Å². The fourth-order valence-corrected chi connectivity index (χ4v) is 3.47. The quantitative estimate of drug-likeness (QED) is 0.434. The number of rotatable bonds is 4. The number of nitrogens with zero attached hydrogens (tertiary/aromatic N) is 4. The highest BCUT2D eigenvalue weighted by Gasteiger charge is 2.10. The molecule has 6 heteroatoms. The van der Waals surface area contributed by atoms with E-state index in [-0.39, 0.29) is 0 Å². The molecule has 0 aliphatic rings. The standard InChI is InChI=1S/C19H15N5S/c1-13(15-8-5-9-20-11-15)23-24-18-16-10-17(14-6-3-2-4-7-14)25-19(16)22-12-21-18/h2-12H,1H3,(H,21,22,24)/b23-13-. The van der Waals surface area contributed by atoms with Gasteiger partial charge >= 0.3 is 0 Å². The van der Waals surface area contributed by atoms with Crippen molar-refractivity contribution in [3.63, 3.8) is 0 Å². The lowest BCUT2D eigenvalue weighted by Crippen LogP contribution is -2.01. The molecule has 0 aliphatic carbocycles. The number of nitrogens with one attached hydrogen (secondary N) is 1. The summed E-state index contributed by atoms with van der Waals surface area (Å²) in [6, 6.07) is 16.2. The second-order valence-corrected chi connectivity index (χ2v) is 6.50. The van der Waals surface area contributed by atoms with Crippen LogP contribution in [-0.4, -0.2) is 20.7 Å². The van der Waals surface area contributed by atoms with Crippen LogP contribution in [0.25, 0.3) is 20.7 Å². The smallest absolute Gasteiger partial charge is 0.158 e. The maximum atomic E-state index is 4.44. The normalized spacial score (nSPS) is 11.6. The van der Waals surface area contributed by atoms with Crippen molar-refractivity contribution in [2.75, 3.05) is 5.43 Å². The van der Waals surface area contributed by atoms with E-state index in [2.05, 4.69) is 43.7 Å². The largest absolute Gasteiger partial charge is 0.264 e. The number of fused-ring (bicyclic) bond motifs is 1. The molecule has 5 nitrogen and oxygen atoms in total.